The highest BCUT2D eigenvalue weighted by molar-refractivity contribution is 5.96. The predicted molar refractivity (Wildman–Crippen MR) is 63.8 cm³/mol. The Labute approximate surface area is 106 Å². The summed E-state index contributed by atoms with van der Waals surface area (Å²) in [6.07, 6.45) is 5.06. The maximum absolute atomic E-state index is 5.28. The van der Waals surface area contributed by atoms with Crippen LogP contribution in [0, 0.1) is 0 Å². The topological polar surface area (TPSA) is 65.2 Å². The van der Waals surface area contributed by atoms with E-state index >= 15 is 0 Å². The molecule has 6 heteroatoms. The summed E-state index contributed by atoms with van der Waals surface area (Å²) in [6, 6.07) is 0. The van der Waals surface area contributed by atoms with Gasteiger partial charge in [0.1, 0.15) is 6.10 Å². The van der Waals surface area contributed by atoms with Gasteiger partial charge < -0.3 is 14.2 Å². The fourth-order valence-corrected chi connectivity index (χ4v) is 2.12. The molecule has 6 nitrogen and oxygen atoms in total. The first-order chi connectivity index (χ1) is 8.85. The summed E-state index contributed by atoms with van der Waals surface area (Å²) in [5.74, 6) is 0. The molecule has 3 saturated heterocycles. The zero-order chi connectivity index (χ0) is 11.9. The number of hydrazine groups is 1. The fourth-order valence-electron chi connectivity index (χ4n) is 2.12. The highest BCUT2D eigenvalue weighted by Crippen LogP contribution is 2.23. The summed E-state index contributed by atoms with van der Waals surface area (Å²) in [6.45, 7) is 3.40. The van der Waals surface area contributed by atoms with Crippen molar-refractivity contribution >= 4 is 5.71 Å². The highest BCUT2D eigenvalue weighted by Gasteiger charge is 2.31. The van der Waals surface area contributed by atoms with Gasteiger partial charge >= 0.3 is 0 Å². The largest absolute Gasteiger partial charge is 0.373 e. The smallest absolute Gasteiger partial charge is 0.102 e. The van der Waals surface area contributed by atoms with Crippen molar-refractivity contribution in [1.29, 1.82) is 0 Å². The van der Waals surface area contributed by atoms with Crippen LogP contribution in [0.4, 0.5) is 0 Å². The molecule has 0 radical (unpaired) electrons. The van der Waals surface area contributed by atoms with Gasteiger partial charge in [-0.2, -0.15) is 5.10 Å². The normalized spacial score (nSPS) is 36.7. The van der Waals surface area contributed by atoms with E-state index in [1.165, 1.54) is 5.70 Å². The van der Waals surface area contributed by atoms with Crippen molar-refractivity contribution in [2.75, 3.05) is 26.4 Å². The minimum absolute atomic E-state index is 0.330. The third-order valence-electron chi connectivity index (χ3n) is 3.33. The van der Waals surface area contributed by atoms with Crippen LogP contribution in [0.15, 0.2) is 16.9 Å². The average Bonchev–Trinajstić information content (AvgIpc) is 3.17. The molecule has 0 bridgehead atoms. The molecule has 1 N–H and O–H groups in total. The number of hydrogen-bond donors (Lipinski definition) is 1. The minimum Gasteiger partial charge on any atom is -0.373 e. The molecular formula is C12H17N3O3. The number of rotatable bonds is 6. The van der Waals surface area contributed by atoms with E-state index in [0.717, 1.165) is 44.9 Å². The van der Waals surface area contributed by atoms with Crippen molar-refractivity contribution in [1.82, 2.24) is 10.5 Å². The third kappa shape index (κ3) is 2.82. The fraction of sp³-hybridized carbons (Fsp3) is 0.750. The molecule has 18 heavy (non-hydrogen) atoms. The minimum atomic E-state index is 0.330. The molecule has 3 fully saturated rings. The monoisotopic (exact) mass is 251 g/mol. The van der Waals surface area contributed by atoms with Crippen LogP contribution in [0.3, 0.4) is 0 Å². The molecule has 3 atom stereocenters. The lowest BCUT2D eigenvalue weighted by molar-refractivity contribution is 0.190. The Hall–Kier alpha value is -1.11. The molecular weight excluding hydrogens is 234 g/mol. The third-order valence-corrected chi connectivity index (χ3v) is 3.33. The van der Waals surface area contributed by atoms with E-state index in [-0.39, 0.29) is 0 Å². The number of nitrogens with zero attached hydrogens (tertiary/aromatic N) is 2. The Morgan fingerprint density at radius 2 is 1.78 bits per heavy atom. The standard InChI is InChI=1S/C12H17N3O3/c1-8(2-10-5-16-10)13-15(4-12-7-18-12)14-9(1)3-11-6-17-11/h1,10-13H,2-7H2. The van der Waals surface area contributed by atoms with Crippen LogP contribution < -0.4 is 5.43 Å². The van der Waals surface area contributed by atoms with Gasteiger partial charge in [0.2, 0.25) is 0 Å². The Balaban J connectivity index is 1.43. The van der Waals surface area contributed by atoms with Gasteiger partial charge in [-0.15, -0.1) is 0 Å². The lowest BCUT2D eigenvalue weighted by Gasteiger charge is -2.26. The van der Waals surface area contributed by atoms with E-state index in [0.29, 0.717) is 18.3 Å². The lowest BCUT2D eigenvalue weighted by atomic mass is 10.1. The van der Waals surface area contributed by atoms with Crippen LogP contribution in [-0.2, 0) is 14.2 Å². The summed E-state index contributed by atoms with van der Waals surface area (Å²) in [7, 11) is 0. The predicted octanol–water partition coefficient (Wildman–Crippen LogP) is 0.0231. The Morgan fingerprint density at radius 3 is 2.44 bits per heavy atom. The van der Waals surface area contributed by atoms with E-state index < -0.39 is 0 Å². The van der Waals surface area contributed by atoms with Crippen LogP contribution in [-0.4, -0.2) is 55.5 Å². The number of allylic oxidation sites excluding steroid dienone is 1. The molecule has 0 aromatic rings. The van der Waals surface area contributed by atoms with Gasteiger partial charge in [0, 0.05) is 18.5 Å². The van der Waals surface area contributed by atoms with Crippen molar-refractivity contribution in [2.24, 2.45) is 5.10 Å². The van der Waals surface area contributed by atoms with Crippen molar-refractivity contribution in [3.8, 4) is 0 Å². The van der Waals surface area contributed by atoms with Crippen LogP contribution in [0.5, 0.6) is 0 Å². The summed E-state index contributed by atoms with van der Waals surface area (Å²) in [5, 5.41) is 6.48. The number of ether oxygens (including phenoxy) is 3. The molecule has 0 aromatic carbocycles. The van der Waals surface area contributed by atoms with Gasteiger partial charge in [-0.1, -0.05) is 0 Å². The van der Waals surface area contributed by atoms with Crippen molar-refractivity contribution in [2.45, 2.75) is 31.2 Å². The molecule has 98 valence electrons. The van der Waals surface area contributed by atoms with E-state index in [1.54, 1.807) is 0 Å². The summed E-state index contributed by atoms with van der Waals surface area (Å²) < 4.78 is 15.8. The number of nitrogens with one attached hydrogen (secondary N) is 1. The summed E-state index contributed by atoms with van der Waals surface area (Å²) in [4.78, 5) is 0. The lowest BCUT2D eigenvalue weighted by Crippen LogP contribution is -2.40. The second-order valence-corrected chi connectivity index (χ2v) is 5.23. The first-order valence-corrected chi connectivity index (χ1v) is 6.52. The van der Waals surface area contributed by atoms with E-state index in [2.05, 4.69) is 16.6 Å². The molecule has 0 spiro atoms. The number of hydrazone groups is 1. The second-order valence-electron chi connectivity index (χ2n) is 5.23. The highest BCUT2D eigenvalue weighted by atomic mass is 16.6. The zero-order valence-corrected chi connectivity index (χ0v) is 10.2. The second kappa shape index (κ2) is 4.22. The van der Waals surface area contributed by atoms with Gasteiger partial charge in [-0.05, 0) is 6.08 Å². The van der Waals surface area contributed by atoms with Crippen molar-refractivity contribution < 1.29 is 14.2 Å². The van der Waals surface area contributed by atoms with Crippen molar-refractivity contribution in [3.05, 3.63) is 11.8 Å². The Morgan fingerprint density at radius 1 is 1.11 bits per heavy atom. The quantitative estimate of drug-likeness (QED) is 0.674. The SMILES string of the molecule is C1=C(CC2CO2)NN(CC2CO2)N=C1CC1CO1. The number of hydrogen-bond acceptors (Lipinski definition) is 6. The van der Waals surface area contributed by atoms with Gasteiger partial charge in [0.25, 0.3) is 0 Å². The van der Waals surface area contributed by atoms with Gasteiger partial charge in [0.15, 0.2) is 0 Å². The van der Waals surface area contributed by atoms with Gasteiger partial charge in [-0.25, -0.2) is 5.12 Å². The molecule has 4 rings (SSSR count). The van der Waals surface area contributed by atoms with Gasteiger partial charge in [-0.3, -0.25) is 5.43 Å². The van der Waals surface area contributed by atoms with Crippen LogP contribution in [0.2, 0.25) is 0 Å². The number of epoxide rings is 3. The average molecular weight is 251 g/mol. The maximum Gasteiger partial charge on any atom is 0.102 e. The zero-order valence-electron chi connectivity index (χ0n) is 10.2. The van der Waals surface area contributed by atoms with Crippen LogP contribution in [0.1, 0.15) is 12.8 Å². The Bertz CT molecular complexity index is 397. The van der Waals surface area contributed by atoms with Crippen molar-refractivity contribution in [3.63, 3.8) is 0 Å². The molecule has 4 heterocycles. The van der Waals surface area contributed by atoms with E-state index in [9.17, 15) is 0 Å². The maximum atomic E-state index is 5.28. The molecule has 0 saturated carbocycles. The van der Waals surface area contributed by atoms with Crippen LogP contribution in [0.25, 0.3) is 0 Å². The first kappa shape index (κ1) is 10.8. The molecule has 4 aliphatic heterocycles. The molecule has 0 amide bonds. The van der Waals surface area contributed by atoms with E-state index in [4.69, 9.17) is 14.2 Å². The molecule has 0 aromatic heterocycles. The molecule has 3 unspecified atom stereocenters. The first-order valence-electron chi connectivity index (χ1n) is 6.52. The Kier molecular flexibility index (Phi) is 2.53. The van der Waals surface area contributed by atoms with Gasteiger partial charge in [0.05, 0.1) is 44.3 Å². The van der Waals surface area contributed by atoms with E-state index in [1.807, 2.05) is 5.12 Å². The summed E-state index contributed by atoms with van der Waals surface area (Å²) in [5.41, 5.74) is 5.60. The summed E-state index contributed by atoms with van der Waals surface area (Å²) >= 11 is 0. The molecule has 4 aliphatic rings. The van der Waals surface area contributed by atoms with Crippen LogP contribution >= 0.6 is 0 Å². The molecule has 0 aliphatic carbocycles.